The molecule has 26 heavy (non-hydrogen) atoms. The Bertz CT molecular complexity index is 653. The second kappa shape index (κ2) is 9.33. The summed E-state index contributed by atoms with van der Waals surface area (Å²) < 4.78 is 5.07. The number of esters is 1. The van der Waals surface area contributed by atoms with Crippen LogP contribution in [0.1, 0.15) is 37.1 Å². The van der Waals surface area contributed by atoms with Crippen LogP contribution in [0.25, 0.3) is 0 Å². The molecule has 1 aliphatic heterocycles. The summed E-state index contributed by atoms with van der Waals surface area (Å²) in [6.07, 6.45) is 1.01. The van der Waals surface area contributed by atoms with Crippen molar-refractivity contribution in [1.29, 1.82) is 0 Å². The van der Waals surface area contributed by atoms with Crippen molar-refractivity contribution in [2.45, 2.75) is 32.2 Å². The minimum atomic E-state index is -0.558. The van der Waals surface area contributed by atoms with E-state index in [-0.39, 0.29) is 36.7 Å². The van der Waals surface area contributed by atoms with E-state index < -0.39 is 12.0 Å². The van der Waals surface area contributed by atoms with Gasteiger partial charge in [0.1, 0.15) is 0 Å². The molecule has 0 spiro atoms. The van der Waals surface area contributed by atoms with Gasteiger partial charge in [0.15, 0.2) is 6.61 Å². The van der Waals surface area contributed by atoms with Crippen LogP contribution in [0.15, 0.2) is 17.5 Å². The van der Waals surface area contributed by atoms with Gasteiger partial charge >= 0.3 is 5.97 Å². The molecule has 1 atom stereocenters. The van der Waals surface area contributed by atoms with E-state index in [0.29, 0.717) is 25.9 Å². The normalized spacial score (nSPS) is 16.0. The van der Waals surface area contributed by atoms with E-state index in [0.717, 1.165) is 4.88 Å². The highest BCUT2D eigenvalue weighted by atomic mass is 32.1. The third-order valence-corrected chi connectivity index (χ3v) is 5.23. The molecule has 0 aromatic carbocycles. The predicted molar refractivity (Wildman–Crippen MR) is 95.0 cm³/mol. The van der Waals surface area contributed by atoms with Crippen LogP contribution in [-0.4, -0.2) is 48.3 Å². The maximum Gasteiger partial charge on any atom is 0.308 e. The number of likely N-dealkylation sites (tertiary alicyclic amines) is 1. The minimum Gasteiger partial charge on any atom is -0.455 e. The van der Waals surface area contributed by atoms with Crippen molar-refractivity contribution < 1.29 is 23.9 Å². The maximum absolute atomic E-state index is 12.1. The first-order valence-electron chi connectivity index (χ1n) is 8.40. The van der Waals surface area contributed by atoms with Gasteiger partial charge < -0.3 is 20.7 Å². The van der Waals surface area contributed by atoms with Gasteiger partial charge in [-0.3, -0.25) is 19.2 Å². The highest BCUT2D eigenvalue weighted by Gasteiger charge is 2.26. The van der Waals surface area contributed by atoms with Crippen LogP contribution in [0.4, 0.5) is 0 Å². The first kappa shape index (κ1) is 19.9. The number of nitrogens with two attached hydrogens (primary N) is 1. The molecule has 1 saturated heterocycles. The number of carbonyl (C=O) groups excluding carboxylic acids is 4. The summed E-state index contributed by atoms with van der Waals surface area (Å²) in [5.41, 5.74) is 5.27. The van der Waals surface area contributed by atoms with Crippen molar-refractivity contribution in [3.8, 4) is 0 Å². The Kier molecular flexibility index (Phi) is 7.14. The standard InChI is InChI=1S/C17H23N3O5S/c1-11(21)19-13(14-3-2-8-26-14)9-16(23)25-10-15(22)20-6-4-12(5-7-20)17(18)24/h2-3,8,12-13H,4-7,9-10H2,1H3,(H2,18,24)(H,19,21). The first-order valence-corrected chi connectivity index (χ1v) is 9.28. The lowest BCUT2D eigenvalue weighted by molar-refractivity contribution is -0.153. The Labute approximate surface area is 155 Å². The topological polar surface area (TPSA) is 119 Å². The Hall–Kier alpha value is -2.42. The van der Waals surface area contributed by atoms with Crippen LogP contribution in [-0.2, 0) is 23.9 Å². The molecule has 1 aromatic heterocycles. The van der Waals surface area contributed by atoms with Gasteiger partial charge in [-0.1, -0.05) is 6.07 Å². The van der Waals surface area contributed by atoms with Crippen LogP contribution in [0, 0.1) is 5.92 Å². The number of thiophene rings is 1. The summed E-state index contributed by atoms with van der Waals surface area (Å²) >= 11 is 1.43. The van der Waals surface area contributed by atoms with E-state index in [9.17, 15) is 19.2 Å². The highest BCUT2D eigenvalue weighted by Crippen LogP contribution is 2.22. The Balaban J connectivity index is 1.79. The summed E-state index contributed by atoms with van der Waals surface area (Å²) in [7, 11) is 0. The Morgan fingerprint density at radius 1 is 1.35 bits per heavy atom. The van der Waals surface area contributed by atoms with E-state index in [1.807, 2.05) is 17.5 Å². The van der Waals surface area contributed by atoms with E-state index >= 15 is 0 Å². The number of piperidine rings is 1. The molecule has 0 aliphatic carbocycles. The number of ether oxygens (including phenoxy) is 1. The maximum atomic E-state index is 12.1. The number of carbonyl (C=O) groups is 4. The third kappa shape index (κ3) is 5.83. The molecular weight excluding hydrogens is 358 g/mol. The molecule has 0 saturated carbocycles. The van der Waals surface area contributed by atoms with Gasteiger partial charge in [-0.15, -0.1) is 11.3 Å². The number of amides is 3. The van der Waals surface area contributed by atoms with Crippen molar-refractivity contribution in [2.24, 2.45) is 11.7 Å². The lowest BCUT2D eigenvalue weighted by Crippen LogP contribution is -2.43. The molecule has 1 fully saturated rings. The summed E-state index contributed by atoms with van der Waals surface area (Å²) in [6, 6.07) is 3.19. The number of primary amides is 1. The molecule has 8 nitrogen and oxygen atoms in total. The zero-order chi connectivity index (χ0) is 19.1. The number of nitrogens with one attached hydrogen (secondary N) is 1. The zero-order valence-electron chi connectivity index (χ0n) is 14.6. The van der Waals surface area contributed by atoms with Crippen LogP contribution < -0.4 is 11.1 Å². The molecule has 0 bridgehead atoms. The average molecular weight is 381 g/mol. The fourth-order valence-corrected chi connectivity index (χ4v) is 3.61. The SMILES string of the molecule is CC(=O)NC(CC(=O)OCC(=O)N1CCC(C(N)=O)CC1)c1cccs1. The molecule has 2 rings (SSSR count). The average Bonchev–Trinajstić information content (AvgIpc) is 3.13. The van der Waals surface area contributed by atoms with Crippen molar-refractivity contribution in [3.05, 3.63) is 22.4 Å². The second-order valence-electron chi connectivity index (χ2n) is 6.19. The van der Waals surface area contributed by atoms with Crippen molar-refractivity contribution >= 4 is 35.0 Å². The van der Waals surface area contributed by atoms with Gasteiger partial charge in [-0.05, 0) is 24.3 Å². The summed E-state index contributed by atoms with van der Waals surface area (Å²) in [5, 5.41) is 4.57. The molecule has 3 N–H and O–H groups in total. The quantitative estimate of drug-likeness (QED) is 0.670. The lowest BCUT2D eigenvalue weighted by atomic mass is 9.96. The number of hydrogen-bond donors (Lipinski definition) is 2. The summed E-state index contributed by atoms with van der Waals surface area (Å²) in [5.74, 6) is -1.65. The van der Waals surface area contributed by atoms with E-state index in [4.69, 9.17) is 10.5 Å². The van der Waals surface area contributed by atoms with E-state index in [1.54, 1.807) is 4.90 Å². The highest BCUT2D eigenvalue weighted by molar-refractivity contribution is 7.10. The van der Waals surface area contributed by atoms with Crippen LogP contribution >= 0.6 is 11.3 Å². The van der Waals surface area contributed by atoms with Crippen molar-refractivity contribution in [1.82, 2.24) is 10.2 Å². The monoisotopic (exact) mass is 381 g/mol. The number of nitrogens with zero attached hydrogens (tertiary/aromatic N) is 1. The minimum absolute atomic E-state index is 0.0445. The Morgan fingerprint density at radius 3 is 2.58 bits per heavy atom. The van der Waals surface area contributed by atoms with Gasteiger partial charge in [0, 0.05) is 30.8 Å². The summed E-state index contributed by atoms with van der Waals surface area (Å²) in [6.45, 7) is 1.88. The van der Waals surface area contributed by atoms with Crippen molar-refractivity contribution in [2.75, 3.05) is 19.7 Å². The molecule has 2 heterocycles. The number of rotatable bonds is 7. The molecule has 3 amide bonds. The first-order chi connectivity index (χ1) is 12.4. The molecule has 142 valence electrons. The molecule has 9 heteroatoms. The lowest BCUT2D eigenvalue weighted by Gasteiger charge is -2.30. The molecule has 0 radical (unpaired) electrons. The third-order valence-electron chi connectivity index (χ3n) is 4.24. The van der Waals surface area contributed by atoms with Crippen molar-refractivity contribution in [3.63, 3.8) is 0 Å². The summed E-state index contributed by atoms with van der Waals surface area (Å²) in [4.78, 5) is 49.1. The molecule has 1 aliphatic rings. The van der Waals surface area contributed by atoms with Crippen LogP contribution in [0.3, 0.4) is 0 Å². The molecule has 1 aromatic rings. The van der Waals surface area contributed by atoms with Gasteiger partial charge in [-0.2, -0.15) is 0 Å². The zero-order valence-corrected chi connectivity index (χ0v) is 15.4. The molecular formula is C17H23N3O5S. The van der Waals surface area contributed by atoms with Crippen LogP contribution in [0.5, 0.6) is 0 Å². The van der Waals surface area contributed by atoms with Crippen LogP contribution in [0.2, 0.25) is 0 Å². The van der Waals surface area contributed by atoms with E-state index in [1.165, 1.54) is 18.3 Å². The Morgan fingerprint density at radius 2 is 2.04 bits per heavy atom. The fraction of sp³-hybridized carbons (Fsp3) is 0.529. The van der Waals surface area contributed by atoms with Gasteiger partial charge in [0.25, 0.3) is 5.91 Å². The van der Waals surface area contributed by atoms with Gasteiger partial charge in [0.05, 0.1) is 12.5 Å². The molecule has 1 unspecified atom stereocenters. The predicted octanol–water partition coefficient (Wildman–Crippen LogP) is 0.583. The fourth-order valence-electron chi connectivity index (χ4n) is 2.83. The smallest absolute Gasteiger partial charge is 0.308 e. The van der Waals surface area contributed by atoms with Gasteiger partial charge in [0.2, 0.25) is 11.8 Å². The second-order valence-corrected chi connectivity index (χ2v) is 7.17. The van der Waals surface area contributed by atoms with E-state index in [2.05, 4.69) is 5.32 Å². The number of hydrogen-bond acceptors (Lipinski definition) is 6. The van der Waals surface area contributed by atoms with Gasteiger partial charge in [-0.25, -0.2) is 0 Å². The largest absolute Gasteiger partial charge is 0.455 e.